The first-order chi connectivity index (χ1) is 11.7. The Morgan fingerprint density at radius 2 is 1.88 bits per heavy atom. The van der Waals surface area contributed by atoms with Gasteiger partial charge in [-0.05, 0) is 43.7 Å². The molecule has 2 aliphatic rings. The van der Waals surface area contributed by atoms with Gasteiger partial charge in [0.25, 0.3) is 0 Å². The number of fused-ring (bicyclic) bond motifs is 2. The van der Waals surface area contributed by atoms with Crippen LogP contribution in [0.2, 0.25) is 0 Å². The molecule has 5 nitrogen and oxygen atoms in total. The molecule has 4 unspecified atom stereocenters. The first kappa shape index (κ1) is 17.2. The van der Waals surface area contributed by atoms with Gasteiger partial charge in [-0.25, -0.2) is 0 Å². The van der Waals surface area contributed by atoms with Crippen molar-refractivity contribution in [3.05, 3.63) is 30.3 Å². The number of hydrogen-bond donors (Lipinski definition) is 1. The zero-order valence-corrected chi connectivity index (χ0v) is 13.9. The highest BCUT2D eigenvalue weighted by Crippen LogP contribution is 2.45. The van der Waals surface area contributed by atoms with Crippen LogP contribution >= 0.6 is 0 Å². The fourth-order valence-electron chi connectivity index (χ4n) is 3.86. The largest absolute Gasteiger partial charge is 0.493 e. The maximum atomic E-state index is 10.5. The van der Waals surface area contributed by atoms with Crippen molar-refractivity contribution in [1.82, 2.24) is 0 Å². The maximum absolute atomic E-state index is 10.5. The van der Waals surface area contributed by atoms with E-state index in [0.717, 1.165) is 25.0 Å². The highest BCUT2D eigenvalue weighted by Gasteiger charge is 2.48. The molecule has 132 valence electrons. The average molecular weight is 334 g/mol. The molecule has 0 aliphatic carbocycles. The second kappa shape index (κ2) is 8.49. The van der Waals surface area contributed by atoms with Gasteiger partial charge in [-0.15, -0.1) is 0 Å². The Bertz CT molecular complexity index is 518. The molecule has 2 bridgehead atoms. The molecular weight excluding hydrogens is 308 g/mol. The minimum absolute atomic E-state index is 0.171. The van der Waals surface area contributed by atoms with Gasteiger partial charge in [0, 0.05) is 25.6 Å². The Balaban J connectivity index is 1.42. The van der Waals surface area contributed by atoms with Crippen LogP contribution in [0.15, 0.2) is 30.3 Å². The van der Waals surface area contributed by atoms with Crippen molar-refractivity contribution in [1.29, 1.82) is 0 Å². The quantitative estimate of drug-likeness (QED) is 0.666. The third-order valence-corrected chi connectivity index (χ3v) is 5.05. The summed E-state index contributed by atoms with van der Waals surface area (Å²) in [5.74, 6) is 1.04. The van der Waals surface area contributed by atoms with Crippen molar-refractivity contribution in [2.75, 3.05) is 19.8 Å². The summed E-state index contributed by atoms with van der Waals surface area (Å²) < 4.78 is 17.6. The number of ether oxygens (including phenoxy) is 3. The lowest BCUT2D eigenvalue weighted by atomic mass is 9.78. The van der Waals surface area contributed by atoms with Crippen molar-refractivity contribution >= 4 is 5.97 Å². The fourth-order valence-corrected chi connectivity index (χ4v) is 3.86. The van der Waals surface area contributed by atoms with Crippen molar-refractivity contribution in [2.24, 2.45) is 11.8 Å². The van der Waals surface area contributed by atoms with Crippen LogP contribution in [-0.4, -0.2) is 43.1 Å². The molecule has 5 heteroatoms. The number of carboxylic acids is 1. The molecule has 1 aromatic carbocycles. The standard InChI is InChI=1S/C19H26O5/c20-19(21)7-4-11-22-12-10-15-16(18-9-8-17(15)24-18)13-23-14-5-2-1-3-6-14/h1-3,5-6,15-18H,4,7-13H2,(H,20,21). The van der Waals surface area contributed by atoms with E-state index >= 15 is 0 Å². The van der Waals surface area contributed by atoms with Crippen LogP contribution in [0.3, 0.4) is 0 Å². The Hall–Kier alpha value is -1.59. The van der Waals surface area contributed by atoms with E-state index in [4.69, 9.17) is 19.3 Å². The molecule has 0 amide bonds. The van der Waals surface area contributed by atoms with Gasteiger partial charge in [0.05, 0.1) is 18.8 Å². The number of aliphatic carboxylic acids is 1. The third kappa shape index (κ3) is 4.48. The molecule has 2 saturated heterocycles. The smallest absolute Gasteiger partial charge is 0.303 e. The molecule has 0 spiro atoms. The van der Waals surface area contributed by atoms with Crippen molar-refractivity contribution in [3.63, 3.8) is 0 Å². The monoisotopic (exact) mass is 334 g/mol. The highest BCUT2D eigenvalue weighted by atomic mass is 16.5. The van der Waals surface area contributed by atoms with E-state index in [1.807, 2.05) is 30.3 Å². The molecule has 3 rings (SSSR count). The van der Waals surface area contributed by atoms with Gasteiger partial charge >= 0.3 is 5.97 Å². The highest BCUT2D eigenvalue weighted by molar-refractivity contribution is 5.66. The number of benzene rings is 1. The van der Waals surface area contributed by atoms with Crippen LogP contribution < -0.4 is 4.74 Å². The van der Waals surface area contributed by atoms with Crippen molar-refractivity contribution < 1.29 is 24.1 Å². The van der Waals surface area contributed by atoms with E-state index < -0.39 is 5.97 Å². The molecule has 0 saturated carbocycles. The van der Waals surface area contributed by atoms with Crippen LogP contribution in [0.4, 0.5) is 0 Å². The molecule has 2 fully saturated rings. The second-order valence-electron chi connectivity index (χ2n) is 6.64. The Labute approximate surface area is 142 Å². The lowest BCUT2D eigenvalue weighted by molar-refractivity contribution is -0.137. The first-order valence-electron chi connectivity index (χ1n) is 8.87. The van der Waals surface area contributed by atoms with Crippen molar-refractivity contribution in [2.45, 2.75) is 44.3 Å². The summed E-state index contributed by atoms with van der Waals surface area (Å²) >= 11 is 0. The molecule has 1 aromatic rings. The predicted molar refractivity (Wildman–Crippen MR) is 89.1 cm³/mol. The van der Waals surface area contributed by atoms with Crippen LogP contribution in [-0.2, 0) is 14.3 Å². The number of carbonyl (C=O) groups is 1. The fraction of sp³-hybridized carbons (Fsp3) is 0.632. The Kier molecular flexibility index (Phi) is 6.10. The van der Waals surface area contributed by atoms with Gasteiger partial charge < -0.3 is 19.3 Å². The molecular formula is C19H26O5. The molecule has 1 N–H and O–H groups in total. The van der Waals surface area contributed by atoms with Gasteiger partial charge in [-0.1, -0.05) is 18.2 Å². The van der Waals surface area contributed by atoms with E-state index in [1.54, 1.807) is 0 Å². The Morgan fingerprint density at radius 3 is 2.62 bits per heavy atom. The number of hydrogen-bond acceptors (Lipinski definition) is 4. The lowest BCUT2D eigenvalue weighted by Crippen LogP contribution is -2.32. The summed E-state index contributed by atoms with van der Waals surface area (Å²) in [6.45, 7) is 1.87. The molecule has 2 aliphatic heterocycles. The van der Waals surface area contributed by atoms with E-state index in [9.17, 15) is 4.79 Å². The van der Waals surface area contributed by atoms with Crippen LogP contribution in [0.5, 0.6) is 5.75 Å². The summed E-state index contributed by atoms with van der Waals surface area (Å²) in [4.78, 5) is 10.5. The minimum Gasteiger partial charge on any atom is -0.493 e. The molecule has 0 radical (unpaired) electrons. The molecule has 0 aromatic heterocycles. The molecule has 24 heavy (non-hydrogen) atoms. The van der Waals surface area contributed by atoms with Crippen LogP contribution in [0, 0.1) is 11.8 Å². The Morgan fingerprint density at radius 1 is 1.12 bits per heavy atom. The third-order valence-electron chi connectivity index (χ3n) is 5.05. The van der Waals surface area contributed by atoms with Crippen LogP contribution in [0.1, 0.15) is 32.1 Å². The molecule has 4 atom stereocenters. The van der Waals surface area contributed by atoms with E-state index in [2.05, 4.69) is 0 Å². The van der Waals surface area contributed by atoms with E-state index in [1.165, 1.54) is 0 Å². The topological polar surface area (TPSA) is 65.0 Å². The second-order valence-corrected chi connectivity index (χ2v) is 6.64. The number of carboxylic acid groups (broad SMARTS) is 1. The summed E-state index contributed by atoms with van der Waals surface area (Å²) in [6, 6.07) is 9.91. The zero-order valence-electron chi connectivity index (χ0n) is 13.9. The van der Waals surface area contributed by atoms with E-state index in [0.29, 0.717) is 50.3 Å². The summed E-state index contributed by atoms with van der Waals surface area (Å²) in [5, 5.41) is 8.62. The van der Waals surface area contributed by atoms with Crippen molar-refractivity contribution in [3.8, 4) is 5.75 Å². The van der Waals surface area contributed by atoms with Gasteiger partial charge in [-0.2, -0.15) is 0 Å². The average Bonchev–Trinajstić information content (AvgIpc) is 3.18. The van der Waals surface area contributed by atoms with Crippen LogP contribution in [0.25, 0.3) is 0 Å². The van der Waals surface area contributed by atoms with Gasteiger partial charge in [0.1, 0.15) is 5.75 Å². The zero-order chi connectivity index (χ0) is 16.8. The SMILES string of the molecule is O=C(O)CCCOCCC1C2CCC(O2)C1COc1ccccc1. The number of para-hydroxylation sites is 1. The summed E-state index contributed by atoms with van der Waals surface area (Å²) in [6.07, 6.45) is 4.61. The summed E-state index contributed by atoms with van der Waals surface area (Å²) in [7, 11) is 0. The normalized spacial score (nSPS) is 28.2. The maximum Gasteiger partial charge on any atom is 0.303 e. The first-order valence-corrected chi connectivity index (χ1v) is 8.87. The molecule has 2 heterocycles. The van der Waals surface area contributed by atoms with Gasteiger partial charge in [0.2, 0.25) is 0 Å². The van der Waals surface area contributed by atoms with Gasteiger partial charge in [0.15, 0.2) is 0 Å². The van der Waals surface area contributed by atoms with E-state index in [-0.39, 0.29) is 6.42 Å². The lowest BCUT2D eigenvalue weighted by Gasteiger charge is -2.28. The van der Waals surface area contributed by atoms with Gasteiger partial charge in [-0.3, -0.25) is 4.79 Å². The predicted octanol–water partition coefficient (Wildman–Crippen LogP) is 3.13. The number of rotatable bonds is 10. The summed E-state index contributed by atoms with van der Waals surface area (Å²) in [5.41, 5.74) is 0. The minimum atomic E-state index is -0.766.